The number of hydrogen-bond acceptors (Lipinski definition) is 5. The van der Waals surface area contributed by atoms with Crippen LogP contribution in [0.5, 0.6) is 0 Å². The van der Waals surface area contributed by atoms with E-state index in [1.807, 2.05) is 0 Å². The number of fused-ring (bicyclic) bond motifs is 2. The van der Waals surface area contributed by atoms with E-state index in [2.05, 4.69) is 39.3 Å². The lowest BCUT2D eigenvalue weighted by atomic mass is 9.57. The van der Waals surface area contributed by atoms with Gasteiger partial charge in [-0.1, -0.05) is 13.8 Å². The first-order valence-electron chi connectivity index (χ1n) is 6.70. The molecule has 2 fully saturated rings. The van der Waals surface area contributed by atoms with Crippen molar-refractivity contribution in [2.75, 3.05) is 11.9 Å². The predicted molar refractivity (Wildman–Crippen MR) is 70.7 cm³/mol. The highest BCUT2D eigenvalue weighted by Crippen LogP contribution is 2.53. The van der Waals surface area contributed by atoms with E-state index < -0.39 is 0 Å². The maximum atomic E-state index is 5.82. The fraction of sp³-hybridized carbons (Fsp3) is 0.615. The van der Waals surface area contributed by atoms with Crippen molar-refractivity contribution in [1.29, 1.82) is 0 Å². The van der Waals surface area contributed by atoms with Crippen LogP contribution in [0.3, 0.4) is 0 Å². The van der Waals surface area contributed by atoms with Crippen LogP contribution in [0.2, 0.25) is 0 Å². The Labute approximate surface area is 111 Å². The van der Waals surface area contributed by atoms with E-state index >= 15 is 0 Å². The molecule has 3 heterocycles. The molecule has 1 aliphatic heterocycles. The summed E-state index contributed by atoms with van der Waals surface area (Å²) in [5.41, 5.74) is 0.913. The van der Waals surface area contributed by atoms with E-state index in [4.69, 9.17) is 4.74 Å². The van der Waals surface area contributed by atoms with Gasteiger partial charge in [0.1, 0.15) is 12.1 Å². The quantitative estimate of drug-likeness (QED) is 0.856. The normalized spacial score (nSPS) is 32.0. The van der Waals surface area contributed by atoms with Crippen LogP contribution in [0.4, 0.5) is 5.82 Å². The molecule has 6 heteroatoms. The lowest BCUT2D eigenvalue weighted by molar-refractivity contribution is -0.0923. The van der Waals surface area contributed by atoms with Gasteiger partial charge >= 0.3 is 0 Å². The fourth-order valence-corrected chi connectivity index (χ4v) is 3.64. The standard InChI is InChI=1S/C13H17N5O/c1-13(2)9(7-3-4-19-10(7)13)17-11-8-5-16-18-12(8)15-6-14-11/h5-7,9-10H,3-4H2,1-2H3,(H2,14,15,16,17,18)/t7-,9-,10+/m1/s1. The second-order valence-electron chi connectivity index (χ2n) is 6.04. The Balaban J connectivity index is 1.66. The lowest BCUT2D eigenvalue weighted by Crippen LogP contribution is -2.63. The zero-order valence-electron chi connectivity index (χ0n) is 11.1. The summed E-state index contributed by atoms with van der Waals surface area (Å²) in [4.78, 5) is 8.52. The average molecular weight is 259 g/mol. The molecule has 0 spiro atoms. The van der Waals surface area contributed by atoms with E-state index in [0.717, 1.165) is 29.9 Å². The summed E-state index contributed by atoms with van der Waals surface area (Å²) in [6.45, 7) is 5.39. The van der Waals surface area contributed by atoms with E-state index in [9.17, 15) is 0 Å². The molecule has 2 N–H and O–H groups in total. The van der Waals surface area contributed by atoms with Gasteiger partial charge in [0.25, 0.3) is 0 Å². The van der Waals surface area contributed by atoms with Crippen LogP contribution >= 0.6 is 0 Å². The summed E-state index contributed by atoms with van der Waals surface area (Å²) in [6.07, 6.45) is 4.85. The number of nitrogens with zero attached hydrogens (tertiary/aromatic N) is 3. The Kier molecular flexibility index (Phi) is 2.15. The number of H-pyrrole nitrogens is 1. The second-order valence-corrected chi connectivity index (χ2v) is 6.04. The Morgan fingerprint density at radius 2 is 2.32 bits per heavy atom. The highest BCUT2D eigenvalue weighted by Gasteiger charge is 2.59. The van der Waals surface area contributed by atoms with Gasteiger partial charge in [0.15, 0.2) is 5.65 Å². The molecule has 2 aromatic rings. The molecule has 0 bridgehead atoms. The minimum Gasteiger partial charge on any atom is -0.377 e. The second kappa shape index (κ2) is 3.66. The van der Waals surface area contributed by atoms with Crippen LogP contribution in [0.15, 0.2) is 12.5 Å². The summed E-state index contributed by atoms with van der Waals surface area (Å²) in [5.74, 6) is 1.45. The van der Waals surface area contributed by atoms with Gasteiger partial charge in [-0.2, -0.15) is 5.10 Å². The molecule has 3 atom stereocenters. The van der Waals surface area contributed by atoms with Gasteiger partial charge in [0.05, 0.1) is 17.7 Å². The van der Waals surface area contributed by atoms with Crippen LogP contribution in [0.25, 0.3) is 11.0 Å². The monoisotopic (exact) mass is 259 g/mol. The first kappa shape index (κ1) is 11.2. The average Bonchev–Trinajstić information content (AvgIpc) is 3.03. The SMILES string of the molecule is CC1(C)[C@H](Nc2ncnc3[nH]ncc23)[C@H]2CCO[C@@H]21. The molecule has 4 rings (SSSR count). The van der Waals surface area contributed by atoms with Crippen molar-refractivity contribution in [3.63, 3.8) is 0 Å². The molecular weight excluding hydrogens is 242 g/mol. The number of aromatic amines is 1. The highest BCUT2D eigenvalue weighted by molar-refractivity contribution is 5.85. The van der Waals surface area contributed by atoms with Gasteiger partial charge in [-0.15, -0.1) is 0 Å². The minimum atomic E-state index is 0.141. The van der Waals surface area contributed by atoms with Crippen LogP contribution < -0.4 is 5.32 Å². The third-order valence-electron chi connectivity index (χ3n) is 4.64. The summed E-state index contributed by atoms with van der Waals surface area (Å²) in [7, 11) is 0. The van der Waals surface area contributed by atoms with Crippen LogP contribution in [-0.2, 0) is 4.74 Å². The van der Waals surface area contributed by atoms with Crippen molar-refractivity contribution in [2.24, 2.45) is 11.3 Å². The minimum absolute atomic E-state index is 0.141. The van der Waals surface area contributed by atoms with E-state index in [1.165, 1.54) is 0 Å². The smallest absolute Gasteiger partial charge is 0.160 e. The number of anilines is 1. The van der Waals surface area contributed by atoms with Crippen molar-refractivity contribution in [3.8, 4) is 0 Å². The summed E-state index contributed by atoms with van der Waals surface area (Å²) >= 11 is 0. The molecule has 1 saturated carbocycles. The lowest BCUT2D eigenvalue weighted by Gasteiger charge is -2.54. The van der Waals surface area contributed by atoms with Crippen molar-refractivity contribution < 1.29 is 4.74 Å². The summed E-state index contributed by atoms with van der Waals surface area (Å²) in [5, 5.41) is 11.4. The molecule has 19 heavy (non-hydrogen) atoms. The molecule has 0 radical (unpaired) electrons. The topological polar surface area (TPSA) is 75.7 Å². The number of aromatic nitrogens is 4. The Morgan fingerprint density at radius 3 is 3.21 bits per heavy atom. The number of nitrogens with one attached hydrogen (secondary N) is 2. The first-order chi connectivity index (χ1) is 9.18. The van der Waals surface area contributed by atoms with Crippen LogP contribution in [0.1, 0.15) is 20.3 Å². The molecule has 6 nitrogen and oxygen atoms in total. The first-order valence-corrected chi connectivity index (χ1v) is 6.70. The predicted octanol–water partition coefficient (Wildman–Crippen LogP) is 1.58. The zero-order valence-corrected chi connectivity index (χ0v) is 11.1. The molecule has 0 aromatic carbocycles. The zero-order chi connectivity index (χ0) is 13.0. The van der Waals surface area contributed by atoms with Crippen LogP contribution in [-0.4, -0.2) is 38.9 Å². The molecule has 1 aliphatic carbocycles. The van der Waals surface area contributed by atoms with Gasteiger partial charge in [-0.3, -0.25) is 5.10 Å². The summed E-state index contributed by atoms with van der Waals surface area (Å²) in [6, 6.07) is 0.396. The Morgan fingerprint density at radius 1 is 1.42 bits per heavy atom. The summed E-state index contributed by atoms with van der Waals surface area (Å²) < 4.78 is 5.82. The van der Waals surface area contributed by atoms with E-state index in [1.54, 1.807) is 12.5 Å². The molecule has 2 aromatic heterocycles. The molecule has 0 unspecified atom stereocenters. The molecule has 0 amide bonds. The highest BCUT2D eigenvalue weighted by atomic mass is 16.5. The van der Waals surface area contributed by atoms with Crippen molar-refractivity contribution in [1.82, 2.24) is 20.2 Å². The van der Waals surface area contributed by atoms with Gasteiger partial charge in [-0.05, 0) is 6.42 Å². The van der Waals surface area contributed by atoms with Crippen LogP contribution in [0, 0.1) is 11.3 Å². The van der Waals surface area contributed by atoms with Crippen molar-refractivity contribution in [2.45, 2.75) is 32.4 Å². The molecule has 100 valence electrons. The maximum Gasteiger partial charge on any atom is 0.160 e. The molecule has 2 aliphatic rings. The number of ether oxygens (including phenoxy) is 1. The van der Waals surface area contributed by atoms with Crippen molar-refractivity contribution >= 4 is 16.9 Å². The van der Waals surface area contributed by atoms with E-state index in [0.29, 0.717) is 18.1 Å². The molecular formula is C13H17N5O. The largest absolute Gasteiger partial charge is 0.377 e. The van der Waals surface area contributed by atoms with Gasteiger partial charge in [0.2, 0.25) is 0 Å². The van der Waals surface area contributed by atoms with Gasteiger partial charge in [-0.25, -0.2) is 9.97 Å². The fourth-order valence-electron chi connectivity index (χ4n) is 3.64. The number of hydrogen-bond donors (Lipinski definition) is 2. The van der Waals surface area contributed by atoms with Gasteiger partial charge < -0.3 is 10.1 Å². The molecule has 1 saturated heterocycles. The maximum absolute atomic E-state index is 5.82. The Bertz CT molecular complexity index is 622. The van der Waals surface area contributed by atoms with E-state index in [-0.39, 0.29) is 5.41 Å². The number of rotatable bonds is 2. The van der Waals surface area contributed by atoms with Gasteiger partial charge in [0, 0.05) is 24.0 Å². The van der Waals surface area contributed by atoms with Crippen molar-refractivity contribution in [3.05, 3.63) is 12.5 Å². The third-order valence-corrected chi connectivity index (χ3v) is 4.64. The third kappa shape index (κ3) is 1.43. The Hall–Kier alpha value is -1.69.